The van der Waals surface area contributed by atoms with E-state index >= 15 is 0 Å². The van der Waals surface area contributed by atoms with E-state index in [0.29, 0.717) is 12.8 Å². The molecular formula is C13H25NO6S. The second-order valence-corrected chi connectivity index (χ2v) is 7.82. The molecule has 0 fully saturated rings. The fourth-order valence-corrected chi connectivity index (χ4v) is 2.92. The van der Waals surface area contributed by atoms with Crippen LogP contribution in [0.4, 0.5) is 0 Å². The lowest BCUT2D eigenvalue weighted by Gasteiger charge is -2.30. The number of ether oxygens (including phenoxy) is 1. The average Bonchev–Trinajstić information content (AvgIpc) is 2.30. The van der Waals surface area contributed by atoms with Crippen LogP contribution in [-0.2, 0) is 24.3 Å². The summed E-state index contributed by atoms with van der Waals surface area (Å²) in [4.78, 5) is 21.6. The van der Waals surface area contributed by atoms with Crippen LogP contribution in [0.15, 0.2) is 0 Å². The minimum absolute atomic E-state index is 0.0524. The standard InChI is InChI=1S/C13H25NO6S/c1-13(2,3)10(5-6-11(15)16)7-8-14-21(18,19)9-12(17)20-4/h10,14H,5-9H2,1-4H3,(H,15,16). The van der Waals surface area contributed by atoms with Crippen molar-refractivity contribution in [2.24, 2.45) is 11.3 Å². The van der Waals surface area contributed by atoms with Crippen molar-refractivity contribution in [1.82, 2.24) is 4.72 Å². The lowest BCUT2D eigenvalue weighted by molar-refractivity contribution is -0.138. The molecular weight excluding hydrogens is 298 g/mol. The van der Waals surface area contributed by atoms with Crippen LogP contribution in [0.2, 0.25) is 0 Å². The average molecular weight is 323 g/mol. The SMILES string of the molecule is COC(=O)CS(=O)(=O)NCCC(CCC(=O)O)C(C)(C)C. The van der Waals surface area contributed by atoms with Crippen molar-refractivity contribution in [3.05, 3.63) is 0 Å². The number of methoxy groups -OCH3 is 1. The number of carboxylic acid groups (broad SMARTS) is 1. The number of carbonyl (C=O) groups excluding carboxylic acids is 1. The molecule has 0 saturated carbocycles. The predicted octanol–water partition coefficient (Wildman–Crippen LogP) is 0.996. The fourth-order valence-electron chi connectivity index (χ4n) is 1.96. The van der Waals surface area contributed by atoms with E-state index in [9.17, 15) is 18.0 Å². The third-order valence-corrected chi connectivity index (χ3v) is 4.54. The summed E-state index contributed by atoms with van der Waals surface area (Å²) in [5.41, 5.74) is -0.122. The number of nitrogens with one attached hydrogen (secondary N) is 1. The molecule has 0 aliphatic heterocycles. The lowest BCUT2D eigenvalue weighted by Crippen LogP contribution is -2.33. The fraction of sp³-hybridized carbons (Fsp3) is 0.846. The highest BCUT2D eigenvalue weighted by atomic mass is 32.2. The largest absolute Gasteiger partial charge is 0.481 e. The van der Waals surface area contributed by atoms with Crippen molar-refractivity contribution in [2.75, 3.05) is 19.4 Å². The van der Waals surface area contributed by atoms with Crippen LogP contribution < -0.4 is 4.72 Å². The van der Waals surface area contributed by atoms with Crippen LogP contribution in [0, 0.1) is 11.3 Å². The Bertz CT molecular complexity index is 452. The van der Waals surface area contributed by atoms with Gasteiger partial charge in [-0.2, -0.15) is 0 Å². The van der Waals surface area contributed by atoms with Crippen molar-refractivity contribution in [2.45, 2.75) is 40.0 Å². The van der Waals surface area contributed by atoms with E-state index in [-0.39, 0.29) is 24.3 Å². The van der Waals surface area contributed by atoms with E-state index in [0.717, 1.165) is 7.11 Å². The van der Waals surface area contributed by atoms with Crippen molar-refractivity contribution < 1.29 is 27.9 Å². The quantitative estimate of drug-likeness (QED) is 0.612. The number of esters is 1. The van der Waals surface area contributed by atoms with E-state index in [1.807, 2.05) is 20.8 Å². The van der Waals surface area contributed by atoms with Gasteiger partial charge in [0.1, 0.15) is 0 Å². The summed E-state index contributed by atoms with van der Waals surface area (Å²) in [6.45, 7) is 6.13. The van der Waals surface area contributed by atoms with E-state index in [1.54, 1.807) is 0 Å². The minimum atomic E-state index is -3.71. The zero-order valence-corrected chi connectivity index (χ0v) is 13.8. The third-order valence-electron chi connectivity index (χ3n) is 3.28. The first-order valence-corrected chi connectivity index (χ1v) is 8.39. The molecule has 2 N–H and O–H groups in total. The molecule has 0 amide bonds. The minimum Gasteiger partial charge on any atom is -0.481 e. The zero-order chi connectivity index (χ0) is 16.7. The van der Waals surface area contributed by atoms with E-state index < -0.39 is 27.7 Å². The second kappa shape index (κ2) is 8.33. The smallest absolute Gasteiger partial charge is 0.322 e. The number of carboxylic acids is 1. The molecule has 0 rings (SSSR count). The number of carbonyl (C=O) groups is 2. The highest BCUT2D eigenvalue weighted by Gasteiger charge is 2.25. The highest BCUT2D eigenvalue weighted by Crippen LogP contribution is 2.32. The summed E-state index contributed by atoms with van der Waals surface area (Å²) in [5, 5.41) is 8.75. The summed E-state index contributed by atoms with van der Waals surface area (Å²) in [6, 6.07) is 0. The van der Waals surface area contributed by atoms with E-state index in [4.69, 9.17) is 5.11 Å². The summed E-state index contributed by atoms with van der Waals surface area (Å²) in [6.07, 6.45) is 1.05. The molecule has 0 bridgehead atoms. The molecule has 7 nitrogen and oxygen atoms in total. The Morgan fingerprint density at radius 2 is 1.81 bits per heavy atom. The van der Waals surface area contributed by atoms with Crippen molar-refractivity contribution in [3.8, 4) is 0 Å². The predicted molar refractivity (Wildman–Crippen MR) is 78.2 cm³/mol. The second-order valence-electron chi connectivity index (χ2n) is 6.01. The number of hydrogen-bond donors (Lipinski definition) is 2. The van der Waals surface area contributed by atoms with Gasteiger partial charge < -0.3 is 9.84 Å². The maximum absolute atomic E-state index is 11.6. The van der Waals surface area contributed by atoms with Gasteiger partial charge in [0.25, 0.3) is 0 Å². The van der Waals surface area contributed by atoms with Crippen LogP contribution in [0.3, 0.4) is 0 Å². The van der Waals surface area contributed by atoms with Crippen molar-refractivity contribution >= 4 is 22.0 Å². The van der Waals surface area contributed by atoms with Gasteiger partial charge >= 0.3 is 11.9 Å². The summed E-state index contributed by atoms with van der Waals surface area (Å²) >= 11 is 0. The van der Waals surface area contributed by atoms with Crippen LogP contribution >= 0.6 is 0 Å². The molecule has 1 atom stereocenters. The first kappa shape index (κ1) is 19.9. The Morgan fingerprint density at radius 3 is 2.24 bits per heavy atom. The van der Waals surface area contributed by atoms with Crippen molar-refractivity contribution in [3.63, 3.8) is 0 Å². The molecule has 0 aromatic rings. The molecule has 0 heterocycles. The molecule has 0 aliphatic rings. The van der Waals surface area contributed by atoms with Gasteiger partial charge in [0.05, 0.1) is 7.11 Å². The molecule has 0 spiro atoms. The molecule has 124 valence electrons. The van der Waals surface area contributed by atoms with E-state index in [1.165, 1.54) is 0 Å². The number of sulfonamides is 1. The highest BCUT2D eigenvalue weighted by molar-refractivity contribution is 7.90. The third kappa shape index (κ3) is 9.41. The number of hydrogen-bond acceptors (Lipinski definition) is 5. The van der Waals surface area contributed by atoms with Crippen LogP contribution in [0.25, 0.3) is 0 Å². The van der Waals surface area contributed by atoms with Crippen LogP contribution in [0.1, 0.15) is 40.0 Å². The van der Waals surface area contributed by atoms with Gasteiger partial charge in [0, 0.05) is 13.0 Å². The van der Waals surface area contributed by atoms with Gasteiger partial charge in [0.15, 0.2) is 5.75 Å². The molecule has 0 aromatic carbocycles. The Balaban J connectivity index is 4.43. The summed E-state index contributed by atoms with van der Waals surface area (Å²) in [7, 11) is -2.58. The van der Waals surface area contributed by atoms with Gasteiger partial charge in [0.2, 0.25) is 10.0 Å². The Hall–Kier alpha value is -1.15. The number of rotatable bonds is 9. The van der Waals surface area contributed by atoms with Crippen LogP contribution in [-0.4, -0.2) is 44.9 Å². The summed E-state index contributed by atoms with van der Waals surface area (Å²) < 4.78 is 29.8. The molecule has 21 heavy (non-hydrogen) atoms. The molecule has 0 aromatic heterocycles. The maximum atomic E-state index is 11.6. The van der Waals surface area contributed by atoms with E-state index in [2.05, 4.69) is 9.46 Å². The molecule has 0 aliphatic carbocycles. The molecule has 8 heteroatoms. The Morgan fingerprint density at radius 1 is 1.24 bits per heavy atom. The normalized spacial score (nSPS) is 13.7. The summed E-state index contributed by atoms with van der Waals surface area (Å²) in [5.74, 6) is -2.33. The molecule has 1 unspecified atom stereocenters. The topological polar surface area (TPSA) is 110 Å². The van der Waals surface area contributed by atoms with Crippen LogP contribution in [0.5, 0.6) is 0 Å². The van der Waals surface area contributed by atoms with Gasteiger partial charge in [-0.3, -0.25) is 9.59 Å². The first-order valence-electron chi connectivity index (χ1n) is 6.74. The van der Waals surface area contributed by atoms with Gasteiger partial charge in [-0.1, -0.05) is 20.8 Å². The molecule has 0 saturated heterocycles. The lowest BCUT2D eigenvalue weighted by atomic mass is 9.76. The zero-order valence-electron chi connectivity index (χ0n) is 13.0. The van der Waals surface area contributed by atoms with Gasteiger partial charge in [-0.15, -0.1) is 0 Å². The van der Waals surface area contributed by atoms with Gasteiger partial charge in [-0.25, -0.2) is 13.1 Å². The monoisotopic (exact) mass is 323 g/mol. The van der Waals surface area contributed by atoms with Gasteiger partial charge in [-0.05, 0) is 24.2 Å². The van der Waals surface area contributed by atoms with Crippen molar-refractivity contribution in [1.29, 1.82) is 0 Å². The Kier molecular flexibility index (Phi) is 7.87. The molecule has 0 radical (unpaired) electrons. The first-order chi connectivity index (χ1) is 9.48. The maximum Gasteiger partial charge on any atom is 0.322 e. The Labute approximate surface area is 126 Å². The number of aliphatic carboxylic acids is 1.